The monoisotopic (exact) mass is 258 g/mol. The van der Waals surface area contributed by atoms with E-state index in [1.165, 1.54) is 19.3 Å². The first-order chi connectivity index (χ1) is 8.58. The number of nitrogens with zero attached hydrogens (tertiary/aromatic N) is 2. The summed E-state index contributed by atoms with van der Waals surface area (Å²) < 4.78 is 0. The second-order valence-electron chi connectivity index (χ2n) is 4.72. The predicted molar refractivity (Wildman–Crippen MR) is 66.6 cm³/mol. The third kappa shape index (κ3) is 6.56. The van der Waals surface area contributed by atoms with Gasteiger partial charge in [-0.15, -0.1) is 0 Å². The summed E-state index contributed by atoms with van der Waals surface area (Å²) in [7, 11) is 0. The van der Waals surface area contributed by atoms with Crippen LogP contribution < -0.4 is 0 Å². The molecule has 1 saturated heterocycles. The molecular formula is C12H22N2O4. The van der Waals surface area contributed by atoms with Crippen LogP contribution >= 0.6 is 0 Å². The molecule has 0 saturated carbocycles. The van der Waals surface area contributed by atoms with E-state index in [1.54, 1.807) is 4.90 Å². The molecule has 0 aromatic heterocycles. The van der Waals surface area contributed by atoms with Crippen molar-refractivity contribution in [3.05, 3.63) is 0 Å². The molecule has 1 aliphatic heterocycles. The molecule has 1 heterocycles. The molecular weight excluding hydrogens is 236 g/mol. The number of carbonyl (C=O) groups is 2. The lowest BCUT2D eigenvalue weighted by Gasteiger charge is -2.29. The van der Waals surface area contributed by atoms with Gasteiger partial charge in [-0.3, -0.25) is 14.5 Å². The Hall–Kier alpha value is -1.14. The first kappa shape index (κ1) is 14.9. The summed E-state index contributed by atoms with van der Waals surface area (Å²) in [6, 6.07) is 0. The second-order valence-corrected chi connectivity index (χ2v) is 4.72. The Morgan fingerprint density at radius 1 is 1.00 bits per heavy atom. The molecule has 18 heavy (non-hydrogen) atoms. The molecule has 6 nitrogen and oxygen atoms in total. The lowest BCUT2D eigenvalue weighted by molar-refractivity contribution is -0.141. The molecule has 1 aliphatic rings. The second kappa shape index (κ2) is 8.05. The van der Waals surface area contributed by atoms with Crippen LogP contribution in [0.15, 0.2) is 0 Å². The first-order valence-corrected chi connectivity index (χ1v) is 6.46. The SMILES string of the molecule is O=C(O)CCN(CCN1CCCCC1)CC(=O)O. The number of carboxylic acids is 2. The number of likely N-dealkylation sites (tertiary alicyclic amines) is 1. The van der Waals surface area contributed by atoms with E-state index in [-0.39, 0.29) is 13.0 Å². The van der Waals surface area contributed by atoms with Gasteiger partial charge in [-0.2, -0.15) is 0 Å². The number of carboxylic acid groups (broad SMARTS) is 2. The largest absolute Gasteiger partial charge is 0.481 e. The minimum Gasteiger partial charge on any atom is -0.481 e. The summed E-state index contributed by atoms with van der Waals surface area (Å²) in [6.45, 7) is 3.81. The third-order valence-electron chi connectivity index (χ3n) is 3.18. The van der Waals surface area contributed by atoms with E-state index in [1.807, 2.05) is 0 Å². The molecule has 0 aromatic rings. The van der Waals surface area contributed by atoms with E-state index in [9.17, 15) is 9.59 Å². The summed E-state index contributed by atoms with van der Waals surface area (Å²) in [5, 5.41) is 17.4. The lowest BCUT2D eigenvalue weighted by Crippen LogP contribution is -2.40. The highest BCUT2D eigenvalue weighted by atomic mass is 16.4. The van der Waals surface area contributed by atoms with Gasteiger partial charge >= 0.3 is 11.9 Å². The quantitative estimate of drug-likeness (QED) is 0.653. The highest BCUT2D eigenvalue weighted by Crippen LogP contribution is 2.08. The Morgan fingerprint density at radius 3 is 2.22 bits per heavy atom. The van der Waals surface area contributed by atoms with Crippen LogP contribution in [0.25, 0.3) is 0 Å². The molecule has 104 valence electrons. The molecule has 1 fully saturated rings. The van der Waals surface area contributed by atoms with Crippen molar-refractivity contribution < 1.29 is 19.8 Å². The van der Waals surface area contributed by atoms with Crippen LogP contribution in [0.1, 0.15) is 25.7 Å². The molecule has 0 bridgehead atoms. The van der Waals surface area contributed by atoms with Crippen molar-refractivity contribution in [1.29, 1.82) is 0 Å². The number of piperidine rings is 1. The van der Waals surface area contributed by atoms with E-state index >= 15 is 0 Å². The maximum atomic E-state index is 10.7. The van der Waals surface area contributed by atoms with Crippen LogP contribution in [0.5, 0.6) is 0 Å². The van der Waals surface area contributed by atoms with Crippen molar-refractivity contribution in [2.24, 2.45) is 0 Å². The summed E-state index contributed by atoms with van der Waals surface area (Å²) in [5.74, 6) is -1.79. The highest BCUT2D eigenvalue weighted by Gasteiger charge is 2.14. The molecule has 1 rings (SSSR count). The molecule has 0 unspecified atom stereocenters. The Kier molecular flexibility index (Phi) is 6.67. The Morgan fingerprint density at radius 2 is 1.67 bits per heavy atom. The fraction of sp³-hybridized carbons (Fsp3) is 0.833. The van der Waals surface area contributed by atoms with E-state index in [0.717, 1.165) is 19.6 Å². The first-order valence-electron chi connectivity index (χ1n) is 6.46. The summed E-state index contributed by atoms with van der Waals surface area (Å²) in [6.07, 6.45) is 3.67. The van der Waals surface area contributed by atoms with Crippen molar-refractivity contribution in [2.75, 3.05) is 39.3 Å². The maximum Gasteiger partial charge on any atom is 0.317 e. The number of rotatable bonds is 8. The maximum absolute atomic E-state index is 10.7. The smallest absolute Gasteiger partial charge is 0.317 e. The molecule has 2 N–H and O–H groups in total. The van der Waals surface area contributed by atoms with Crippen LogP contribution in [0.3, 0.4) is 0 Å². The van der Waals surface area contributed by atoms with E-state index in [2.05, 4.69) is 4.90 Å². The zero-order valence-corrected chi connectivity index (χ0v) is 10.7. The van der Waals surface area contributed by atoms with Crippen LogP contribution in [0.2, 0.25) is 0 Å². The molecule has 0 atom stereocenters. The fourth-order valence-corrected chi connectivity index (χ4v) is 2.18. The van der Waals surface area contributed by atoms with E-state index in [4.69, 9.17) is 10.2 Å². The molecule has 0 radical (unpaired) electrons. The number of hydrogen-bond donors (Lipinski definition) is 2. The van der Waals surface area contributed by atoms with Gasteiger partial charge in [0.05, 0.1) is 13.0 Å². The minimum atomic E-state index is -0.904. The fourth-order valence-electron chi connectivity index (χ4n) is 2.18. The zero-order chi connectivity index (χ0) is 13.4. The zero-order valence-electron chi connectivity index (χ0n) is 10.7. The van der Waals surface area contributed by atoms with Gasteiger partial charge in [0.2, 0.25) is 0 Å². The topological polar surface area (TPSA) is 81.1 Å². The Labute approximate surface area is 107 Å². The third-order valence-corrected chi connectivity index (χ3v) is 3.18. The number of hydrogen-bond acceptors (Lipinski definition) is 4. The molecule has 0 aromatic carbocycles. The van der Waals surface area contributed by atoms with Crippen LogP contribution in [0.4, 0.5) is 0 Å². The number of aliphatic carboxylic acids is 2. The molecule has 0 amide bonds. The van der Waals surface area contributed by atoms with Crippen molar-refractivity contribution in [3.63, 3.8) is 0 Å². The average Bonchev–Trinajstić information content (AvgIpc) is 2.33. The van der Waals surface area contributed by atoms with Gasteiger partial charge in [0.15, 0.2) is 0 Å². The molecule has 6 heteroatoms. The van der Waals surface area contributed by atoms with Crippen molar-refractivity contribution in [1.82, 2.24) is 9.80 Å². The van der Waals surface area contributed by atoms with Crippen LogP contribution in [-0.4, -0.2) is 71.2 Å². The van der Waals surface area contributed by atoms with Gasteiger partial charge in [0.1, 0.15) is 0 Å². The van der Waals surface area contributed by atoms with Crippen LogP contribution in [0, 0.1) is 0 Å². The summed E-state index contributed by atoms with van der Waals surface area (Å²) >= 11 is 0. The van der Waals surface area contributed by atoms with Crippen molar-refractivity contribution >= 4 is 11.9 Å². The Balaban J connectivity index is 2.29. The van der Waals surface area contributed by atoms with Crippen molar-refractivity contribution in [2.45, 2.75) is 25.7 Å². The van der Waals surface area contributed by atoms with Gasteiger partial charge in [-0.05, 0) is 25.9 Å². The van der Waals surface area contributed by atoms with Gasteiger partial charge in [0.25, 0.3) is 0 Å². The van der Waals surface area contributed by atoms with Gasteiger partial charge in [-0.25, -0.2) is 0 Å². The van der Waals surface area contributed by atoms with Gasteiger partial charge < -0.3 is 15.1 Å². The predicted octanol–water partition coefficient (Wildman–Crippen LogP) is 0.334. The van der Waals surface area contributed by atoms with E-state index < -0.39 is 11.9 Å². The van der Waals surface area contributed by atoms with Gasteiger partial charge in [0, 0.05) is 19.6 Å². The lowest BCUT2D eigenvalue weighted by atomic mass is 10.1. The molecule has 0 aliphatic carbocycles. The average molecular weight is 258 g/mol. The highest BCUT2D eigenvalue weighted by molar-refractivity contribution is 5.69. The minimum absolute atomic E-state index is 0.00667. The van der Waals surface area contributed by atoms with E-state index in [0.29, 0.717) is 13.1 Å². The van der Waals surface area contributed by atoms with Crippen LogP contribution in [-0.2, 0) is 9.59 Å². The standard InChI is InChI=1S/C12H22N2O4/c15-11(16)4-7-14(10-12(17)18)9-8-13-5-2-1-3-6-13/h1-10H2,(H,15,16)(H,17,18). The van der Waals surface area contributed by atoms with Crippen molar-refractivity contribution in [3.8, 4) is 0 Å². The normalized spacial score (nSPS) is 16.9. The summed E-state index contributed by atoms with van der Waals surface area (Å²) in [4.78, 5) is 25.2. The Bertz CT molecular complexity index is 277. The summed E-state index contributed by atoms with van der Waals surface area (Å²) in [5.41, 5.74) is 0. The van der Waals surface area contributed by atoms with Gasteiger partial charge in [-0.1, -0.05) is 6.42 Å². The molecule has 0 spiro atoms.